The van der Waals surface area contributed by atoms with E-state index in [1.54, 1.807) is 12.1 Å². The second kappa shape index (κ2) is 4.91. The third-order valence-electron chi connectivity index (χ3n) is 3.58. The normalized spacial score (nSPS) is 14.1. The minimum atomic E-state index is -0.340. The molecule has 0 unspecified atom stereocenters. The van der Waals surface area contributed by atoms with Crippen LogP contribution in [0.3, 0.4) is 0 Å². The predicted molar refractivity (Wildman–Crippen MR) is 91.1 cm³/mol. The quantitative estimate of drug-likeness (QED) is 0.473. The summed E-state index contributed by atoms with van der Waals surface area (Å²) < 4.78 is 14.3. The molecule has 0 bridgehead atoms. The summed E-state index contributed by atoms with van der Waals surface area (Å²) in [5.74, 6) is -0.322. The van der Waals surface area contributed by atoms with Gasteiger partial charge in [0.25, 0.3) is 0 Å². The Morgan fingerprint density at radius 3 is 2.86 bits per heavy atom. The van der Waals surface area contributed by atoms with Crippen molar-refractivity contribution in [1.82, 2.24) is 4.98 Å². The van der Waals surface area contributed by atoms with E-state index in [2.05, 4.69) is 37.8 Å². The molecule has 108 valence electrons. The first-order valence-corrected chi connectivity index (χ1v) is 7.63. The number of nitrogens with zero attached hydrogens (tertiary/aromatic N) is 2. The van der Waals surface area contributed by atoms with Crippen molar-refractivity contribution in [3.8, 4) is 5.88 Å². The highest BCUT2D eigenvalue weighted by Crippen LogP contribution is 2.28. The number of aromatic amines is 1. The number of hydrogen-bond acceptors (Lipinski definition) is 3. The minimum absolute atomic E-state index is 0.0175. The van der Waals surface area contributed by atoms with Crippen LogP contribution in [0.2, 0.25) is 0 Å². The largest absolute Gasteiger partial charge is 0.494 e. The van der Waals surface area contributed by atoms with E-state index in [1.165, 1.54) is 12.1 Å². The number of fused-ring (bicyclic) bond motifs is 2. The maximum absolute atomic E-state index is 13.4. The van der Waals surface area contributed by atoms with Crippen molar-refractivity contribution in [3.63, 3.8) is 0 Å². The molecule has 4 rings (SSSR count). The Morgan fingerprint density at radius 2 is 2.00 bits per heavy atom. The standard InChI is InChI=1S/C16H9FIN3O/c17-9-2-4-13-11(7-9)12(16(22)19-13)5-8-1-3-10-14(6-8)20-21-15(10)18/h1-7,19,22H. The van der Waals surface area contributed by atoms with Crippen molar-refractivity contribution in [2.75, 3.05) is 0 Å². The Balaban J connectivity index is 1.96. The number of benzene rings is 2. The van der Waals surface area contributed by atoms with Gasteiger partial charge in [-0.2, -0.15) is 0 Å². The van der Waals surface area contributed by atoms with Crippen LogP contribution in [0.15, 0.2) is 46.6 Å². The van der Waals surface area contributed by atoms with Crippen molar-refractivity contribution >= 4 is 49.0 Å². The van der Waals surface area contributed by atoms with E-state index >= 15 is 0 Å². The SMILES string of the molecule is Oc1[nH]c2ccc(F)cc2c1C=c1ccc2c(c1)N=NC=2I. The van der Waals surface area contributed by atoms with Gasteiger partial charge in [0.15, 0.2) is 5.88 Å². The maximum Gasteiger partial charge on any atom is 0.196 e. The molecule has 0 saturated heterocycles. The first-order chi connectivity index (χ1) is 10.6. The average Bonchev–Trinajstić information content (AvgIpc) is 3.01. The summed E-state index contributed by atoms with van der Waals surface area (Å²) in [6.07, 6.45) is 1.80. The molecule has 2 N–H and O–H groups in total. The Morgan fingerprint density at radius 1 is 1.14 bits per heavy atom. The van der Waals surface area contributed by atoms with Gasteiger partial charge in [0.1, 0.15) is 9.52 Å². The first-order valence-electron chi connectivity index (χ1n) is 6.55. The fourth-order valence-corrected chi connectivity index (χ4v) is 3.09. The number of aromatic nitrogens is 1. The molecule has 0 fully saturated rings. The Labute approximate surface area is 137 Å². The van der Waals surface area contributed by atoms with Gasteiger partial charge in [0.2, 0.25) is 0 Å². The molecule has 0 saturated carbocycles. The van der Waals surface area contributed by atoms with Crippen molar-refractivity contribution in [1.29, 1.82) is 0 Å². The maximum atomic E-state index is 13.4. The van der Waals surface area contributed by atoms with Crippen LogP contribution in [0.4, 0.5) is 10.1 Å². The third-order valence-corrected chi connectivity index (χ3v) is 4.38. The van der Waals surface area contributed by atoms with Gasteiger partial charge in [0.05, 0.1) is 5.69 Å². The number of H-pyrrole nitrogens is 1. The van der Waals surface area contributed by atoms with Crippen LogP contribution in [0.25, 0.3) is 20.7 Å². The lowest BCUT2D eigenvalue weighted by Gasteiger charge is -1.95. The van der Waals surface area contributed by atoms with E-state index < -0.39 is 0 Å². The molecule has 0 aliphatic carbocycles. The second-order valence-electron chi connectivity index (χ2n) is 4.99. The molecule has 22 heavy (non-hydrogen) atoms. The molecule has 1 aromatic heterocycles. The zero-order chi connectivity index (χ0) is 15.3. The van der Waals surface area contributed by atoms with Gasteiger partial charge in [-0.15, -0.1) is 10.2 Å². The Bertz CT molecular complexity index is 1070. The molecule has 0 radical (unpaired) electrons. The lowest BCUT2D eigenvalue weighted by atomic mass is 10.1. The summed E-state index contributed by atoms with van der Waals surface area (Å²) in [5.41, 5.74) is 2.04. The van der Waals surface area contributed by atoms with Gasteiger partial charge in [-0.05, 0) is 64.2 Å². The van der Waals surface area contributed by atoms with Gasteiger partial charge in [0, 0.05) is 21.7 Å². The predicted octanol–water partition coefficient (Wildman–Crippen LogP) is 3.44. The monoisotopic (exact) mass is 405 g/mol. The highest BCUT2D eigenvalue weighted by Gasteiger charge is 2.10. The fraction of sp³-hybridized carbons (Fsp3) is 0. The van der Waals surface area contributed by atoms with E-state index in [1.807, 2.05) is 18.2 Å². The molecule has 3 aromatic rings. The Kier molecular flexibility index (Phi) is 3.00. The fourth-order valence-electron chi connectivity index (χ4n) is 2.53. The summed E-state index contributed by atoms with van der Waals surface area (Å²) in [4.78, 5) is 2.84. The van der Waals surface area contributed by atoms with E-state index in [0.29, 0.717) is 16.5 Å². The van der Waals surface area contributed by atoms with Crippen LogP contribution in [0.1, 0.15) is 5.56 Å². The highest BCUT2D eigenvalue weighted by molar-refractivity contribution is 14.1. The number of halogens is 2. The zero-order valence-corrected chi connectivity index (χ0v) is 13.3. The van der Waals surface area contributed by atoms with Crippen molar-refractivity contribution in [2.24, 2.45) is 10.2 Å². The van der Waals surface area contributed by atoms with E-state index in [0.717, 1.165) is 19.8 Å². The van der Waals surface area contributed by atoms with Gasteiger partial charge >= 0.3 is 0 Å². The first kappa shape index (κ1) is 13.4. The molecular weight excluding hydrogens is 396 g/mol. The lowest BCUT2D eigenvalue weighted by Crippen LogP contribution is -2.07. The highest BCUT2D eigenvalue weighted by atomic mass is 127. The second-order valence-corrected chi connectivity index (χ2v) is 6.01. The topological polar surface area (TPSA) is 60.7 Å². The molecule has 2 aromatic carbocycles. The summed E-state index contributed by atoms with van der Waals surface area (Å²) in [5, 5.41) is 20.7. The van der Waals surface area contributed by atoms with Crippen LogP contribution in [-0.4, -0.2) is 10.1 Å². The molecule has 0 spiro atoms. The molecular formula is C16H9FIN3O. The molecule has 0 amide bonds. The van der Waals surface area contributed by atoms with Gasteiger partial charge in [-0.3, -0.25) is 0 Å². The number of hydrogen-bond donors (Lipinski definition) is 2. The van der Waals surface area contributed by atoms with Crippen LogP contribution in [-0.2, 0) is 0 Å². The smallest absolute Gasteiger partial charge is 0.196 e. The van der Waals surface area contributed by atoms with Gasteiger partial charge in [-0.1, -0.05) is 6.07 Å². The average molecular weight is 405 g/mol. The molecule has 1 aliphatic rings. The van der Waals surface area contributed by atoms with E-state index in [-0.39, 0.29) is 11.7 Å². The third kappa shape index (κ3) is 2.10. The van der Waals surface area contributed by atoms with E-state index in [4.69, 9.17) is 0 Å². The number of aromatic hydroxyl groups is 1. The summed E-state index contributed by atoms with van der Waals surface area (Å²) in [7, 11) is 0. The van der Waals surface area contributed by atoms with E-state index in [9.17, 15) is 9.50 Å². The summed E-state index contributed by atoms with van der Waals surface area (Å²) >= 11 is 2.14. The number of azo groups is 1. The van der Waals surface area contributed by atoms with Crippen LogP contribution < -0.4 is 10.4 Å². The minimum Gasteiger partial charge on any atom is -0.494 e. The van der Waals surface area contributed by atoms with Gasteiger partial charge < -0.3 is 10.1 Å². The molecule has 6 heteroatoms. The number of nitrogens with one attached hydrogen (secondary N) is 1. The lowest BCUT2D eigenvalue weighted by molar-refractivity contribution is 0.457. The van der Waals surface area contributed by atoms with Crippen LogP contribution >= 0.6 is 22.6 Å². The molecule has 1 aliphatic heterocycles. The summed E-state index contributed by atoms with van der Waals surface area (Å²) in [6.45, 7) is 0. The van der Waals surface area contributed by atoms with Crippen molar-refractivity contribution in [2.45, 2.75) is 0 Å². The number of rotatable bonds is 1. The molecule has 4 nitrogen and oxygen atoms in total. The molecule has 0 atom stereocenters. The Hall–Kier alpha value is -2.22. The zero-order valence-electron chi connectivity index (χ0n) is 11.1. The summed E-state index contributed by atoms with van der Waals surface area (Å²) in [6, 6.07) is 10.1. The van der Waals surface area contributed by atoms with Crippen molar-refractivity contribution in [3.05, 3.63) is 58.2 Å². The van der Waals surface area contributed by atoms with Crippen LogP contribution in [0, 0.1) is 5.82 Å². The van der Waals surface area contributed by atoms with Gasteiger partial charge in [-0.25, -0.2) is 4.39 Å². The van der Waals surface area contributed by atoms with Crippen molar-refractivity contribution < 1.29 is 9.50 Å². The molecule has 2 heterocycles. The van der Waals surface area contributed by atoms with Crippen LogP contribution in [0.5, 0.6) is 5.88 Å².